The van der Waals surface area contributed by atoms with Gasteiger partial charge in [0.05, 0.1) is 12.7 Å². The Balaban J connectivity index is 2.48. The minimum absolute atomic E-state index is 0.816. The van der Waals surface area contributed by atoms with E-state index in [0.717, 1.165) is 6.54 Å². The molecular weight excluding hydrogens is 114 g/mol. The zero-order valence-corrected chi connectivity index (χ0v) is 5.36. The Morgan fingerprint density at radius 1 is 1.67 bits per heavy atom. The maximum Gasteiger partial charge on any atom is 0.0693 e. The topological polar surface area (TPSA) is 30.7 Å². The number of rotatable bonds is 2. The van der Waals surface area contributed by atoms with Crippen molar-refractivity contribution in [2.45, 2.75) is 13.5 Å². The highest BCUT2D eigenvalue weighted by molar-refractivity contribution is 4.78. The van der Waals surface area contributed by atoms with E-state index in [1.54, 1.807) is 10.9 Å². The summed E-state index contributed by atoms with van der Waals surface area (Å²) in [6.07, 6.45) is 7.51. The summed E-state index contributed by atoms with van der Waals surface area (Å²) in [4.78, 5) is 0. The van der Waals surface area contributed by atoms with E-state index in [9.17, 15) is 0 Å². The van der Waals surface area contributed by atoms with Crippen molar-refractivity contribution in [1.82, 2.24) is 15.0 Å². The highest BCUT2D eigenvalue weighted by Gasteiger charge is 1.82. The Bertz CT molecular complexity index is 176. The van der Waals surface area contributed by atoms with Crippen molar-refractivity contribution >= 4 is 0 Å². The molecule has 1 aromatic heterocycles. The molecule has 1 heterocycles. The van der Waals surface area contributed by atoms with Gasteiger partial charge >= 0.3 is 0 Å². The zero-order valence-electron chi connectivity index (χ0n) is 5.36. The molecule has 1 rings (SSSR count). The molecular formula is C6H9N3. The van der Waals surface area contributed by atoms with Gasteiger partial charge in [-0.25, -0.2) is 4.68 Å². The van der Waals surface area contributed by atoms with Crippen LogP contribution < -0.4 is 0 Å². The molecule has 0 fully saturated rings. The van der Waals surface area contributed by atoms with Gasteiger partial charge in [0.1, 0.15) is 0 Å². The number of hydrogen-bond donors (Lipinski definition) is 0. The summed E-state index contributed by atoms with van der Waals surface area (Å²) in [6, 6.07) is 0. The maximum atomic E-state index is 3.77. The van der Waals surface area contributed by atoms with Crippen LogP contribution in [0, 0.1) is 0 Å². The summed E-state index contributed by atoms with van der Waals surface area (Å²) >= 11 is 0. The van der Waals surface area contributed by atoms with Crippen LogP contribution in [0.3, 0.4) is 0 Å². The quantitative estimate of drug-likeness (QED) is 0.546. The molecule has 0 aromatic carbocycles. The molecule has 48 valence electrons. The fraction of sp³-hybridized carbons (Fsp3) is 0.333. The molecule has 0 atom stereocenters. The van der Waals surface area contributed by atoms with E-state index in [2.05, 4.69) is 10.3 Å². The normalized spacial score (nSPS) is 10.8. The first-order valence-corrected chi connectivity index (χ1v) is 2.88. The summed E-state index contributed by atoms with van der Waals surface area (Å²) in [5, 5.41) is 7.42. The van der Waals surface area contributed by atoms with Crippen LogP contribution in [0.1, 0.15) is 6.92 Å². The van der Waals surface area contributed by atoms with Crippen LogP contribution in [-0.4, -0.2) is 15.0 Å². The summed E-state index contributed by atoms with van der Waals surface area (Å²) in [5.41, 5.74) is 0. The van der Waals surface area contributed by atoms with Crippen LogP contribution in [-0.2, 0) is 6.54 Å². The molecule has 3 nitrogen and oxygen atoms in total. The van der Waals surface area contributed by atoms with Crippen LogP contribution in [0.25, 0.3) is 0 Å². The first-order valence-electron chi connectivity index (χ1n) is 2.88. The van der Waals surface area contributed by atoms with Crippen LogP contribution in [0.2, 0.25) is 0 Å². The van der Waals surface area contributed by atoms with Gasteiger partial charge in [0.25, 0.3) is 0 Å². The second kappa shape index (κ2) is 3.02. The van der Waals surface area contributed by atoms with Crippen molar-refractivity contribution in [1.29, 1.82) is 0 Å². The van der Waals surface area contributed by atoms with Crippen molar-refractivity contribution in [2.24, 2.45) is 0 Å². The molecule has 0 amide bonds. The van der Waals surface area contributed by atoms with Gasteiger partial charge in [0, 0.05) is 6.20 Å². The van der Waals surface area contributed by atoms with E-state index >= 15 is 0 Å². The predicted octanol–water partition coefficient (Wildman–Crippen LogP) is 0.854. The number of allylic oxidation sites excluding steroid dienone is 2. The summed E-state index contributed by atoms with van der Waals surface area (Å²) in [5.74, 6) is 0. The Kier molecular flexibility index (Phi) is 2.01. The Hall–Kier alpha value is -1.12. The lowest BCUT2D eigenvalue weighted by Crippen LogP contribution is -1.94. The molecule has 0 bridgehead atoms. The van der Waals surface area contributed by atoms with E-state index in [-0.39, 0.29) is 0 Å². The molecule has 3 heteroatoms. The fourth-order valence-electron chi connectivity index (χ4n) is 0.544. The molecule has 0 saturated heterocycles. The van der Waals surface area contributed by atoms with E-state index in [1.807, 2.05) is 25.3 Å². The first kappa shape index (κ1) is 6.01. The van der Waals surface area contributed by atoms with Crippen molar-refractivity contribution in [3.05, 3.63) is 24.5 Å². The van der Waals surface area contributed by atoms with E-state index in [0.29, 0.717) is 0 Å². The highest BCUT2D eigenvalue weighted by Crippen LogP contribution is 1.81. The fourth-order valence-corrected chi connectivity index (χ4v) is 0.544. The minimum Gasteiger partial charge on any atom is -0.249 e. The SMILES string of the molecule is C/C=C/Cn1ccnn1. The third-order valence-corrected chi connectivity index (χ3v) is 1.00. The van der Waals surface area contributed by atoms with Crippen molar-refractivity contribution in [3.63, 3.8) is 0 Å². The maximum absolute atomic E-state index is 3.77. The Morgan fingerprint density at radius 2 is 2.56 bits per heavy atom. The van der Waals surface area contributed by atoms with Crippen LogP contribution in [0.15, 0.2) is 24.5 Å². The number of hydrogen-bond acceptors (Lipinski definition) is 2. The molecule has 9 heavy (non-hydrogen) atoms. The Morgan fingerprint density at radius 3 is 3.11 bits per heavy atom. The van der Waals surface area contributed by atoms with Gasteiger partial charge < -0.3 is 0 Å². The average Bonchev–Trinajstić information content (AvgIpc) is 2.34. The van der Waals surface area contributed by atoms with Gasteiger partial charge in [-0.1, -0.05) is 17.4 Å². The van der Waals surface area contributed by atoms with Crippen LogP contribution >= 0.6 is 0 Å². The number of aromatic nitrogens is 3. The van der Waals surface area contributed by atoms with Gasteiger partial charge in [-0.15, -0.1) is 5.10 Å². The molecule has 0 unspecified atom stereocenters. The minimum atomic E-state index is 0.816. The summed E-state index contributed by atoms with van der Waals surface area (Å²) in [6.45, 7) is 2.80. The average molecular weight is 123 g/mol. The molecule has 1 aromatic rings. The van der Waals surface area contributed by atoms with E-state index in [1.165, 1.54) is 0 Å². The molecule has 0 aliphatic rings. The lowest BCUT2D eigenvalue weighted by molar-refractivity contribution is 0.661. The Labute approximate surface area is 54.0 Å². The molecule has 0 aliphatic heterocycles. The predicted molar refractivity (Wildman–Crippen MR) is 34.8 cm³/mol. The molecule has 0 N–H and O–H groups in total. The second-order valence-corrected chi connectivity index (χ2v) is 1.69. The second-order valence-electron chi connectivity index (χ2n) is 1.69. The molecule has 0 saturated carbocycles. The lowest BCUT2D eigenvalue weighted by atomic mass is 10.5. The lowest BCUT2D eigenvalue weighted by Gasteiger charge is -1.88. The van der Waals surface area contributed by atoms with E-state index < -0.39 is 0 Å². The largest absolute Gasteiger partial charge is 0.249 e. The van der Waals surface area contributed by atoms with Gasteiger partial charge in [-0.2, -0.15) is 0 Å². The molecule has 0 radical (unpaired) electrons. The van der Waals surface area contributed by atoms with Crippen molar-refractivity contribution in [3.8, 4) is 0 Å². The summed E-state index contributed by atoms with van der Waals surface area (Å²) < 4.78 is 1.76. The van der Waals surface area contributed by atoms with Gasteiger partial charge in [0.15, 0.2) is 0 Å². The highest BCUT2D eigenvalue weighted by atomic mass is 15.4. The third-order valence-electron chi connectivity index (χ3n) is 1.00. The standard InChI is InChI=1S/C6H9N3/c1-2-3-5-9-6-4-7-8-9/h2-4,6H,5H2,1H3/b3-2+. The zero-order chi connectivity index (χ0) is 6.53. The van der Waals surface area contributed by atoms with Crippen LogP contribution in [0.5, 0.6) is 0 Å². The smallest absolute Gasteiger partial charge is 0.0693 e. The van der Waals surface area contributed by atoms with Gasteiger partial charge in [-0.05, 0) is 6.92 Å². The van der Waals surface area contributed by atoms with Crippen molar-refractivity contribution in [2.75, 3.05) is 0 Å². The third kappa shape index (κ3) is 1.68. The van der Waals surface area contributed by atoms with Gasteiger partial charge in [-0.3, -0.25) is 0 Å². The van der Waals surface area contributed by atoms with E-state index in [4.69, 9.17) is 0 Å². The van der Waals surface area contributed by atoms with Crippen LogP contribution in [0.4, 0.5) is 0 Å². The van der Waals surface area contributed by atoms with Gasteiger partial charge in [0.2, 0.25) is 0 Å². The first-order chi connectivity index (χ1) is 4.43. The summed E-state index contributed by atoms with van der Waals surface area (Å²) in [7, 11) is 0. The number of nitrogens with zero attached hydrogens (tertiary/aromatic N) is 3. The molecule has 0 spiro atoms. The monoisotopic (exact) mass is 123 g/mol. The molecule has 0 aliphatic carbocycles. The van der Waals surface area contributed by atoms with Crippen molar-refractivity contribution < 1.29 is 0 Å².